The number of carboxylic acid groups (broad SMARTS) is 1. The van der Waals surface area contributed by atoms with E-state index >= 15 is 0 Å². The number of rotatable bonds is 7. The SMILES string of the molecule is CCN(C#N)C(=O)C(Cc1csc2ccccc12)NC(=O)C=CC(=O)O. The molecule has 0 radical (unpaired) electrons. The van der Waals surface area contributed by atoms with Gasteiger partial charge in [0.2, 0.25) is 5.91 Å². The second kappa shape index (κ2) is 8.78. The van der Waals surface area contributed by atoms with E-state index in [9.17, 15) is 14.4 Å². The second-order valence-corrected chi connectivity index (χ2v) is 6.29. The summed E-state index contributed by atoms with van der Waals surface area (Å²) in [4.78, 5) is 36.0. The summed E-state index contributed by atoms with van der Waals surface area (Å²) in [6.45, 7) is 1.83. The molecule has 1 atom stereocenters. The number of likely N-dealkylation sites (N-methyl/N-ethyl adjacent to an activating group) is 1. The van der Waals surface area contributed by atoms with Gasteiger partial charge in [0, 0.05) is 29.8 Å². The maximum atomic E-state index is 12.6. The predicted octanol–water partition coefficient (Wildman–Crippen LogP) is 1.90. The lowest BCUT2D eigenvalue weighted by Gasteiger charge is -2.21. The number of benzene rings is 1. The van der Waals surface area contributed by atoms with Gasteiger partial charge in [0.05, 0.1) is 0 Å². The molecule has 0 bridgehead atoms. The van der Waals surface area contributed by atoms with E-state index in [4.69, 9.17) is 10.4 Å². The monoisotopic (exact) mass is 371 g/mol. The Morgan fingerprint density at radius 2 is 2.08 bits per heavy atom. The number of carboxylic acids is 1. The maximum absolute atomic E-state index is 12.6. The van der Waals surface area contributed by atoms with Gasteiger partial charge in [-0.05, 0) is 29.3 Å². The molecule has 2 aromatic rings. The van der Waals surface area contributed by atoms with Gasteiger partial charge in [-0.1, -0.05) is 18.2 Å². The van der Waals surface area contributed by atoms with Crippen molar-refractivity contribution in [3.05, 3.63) is 47.4 Å². The molecule has 0 aliphatic heterocycles. The van der Waals surface area contributed by atoms with Gasteiger partial charge >= 0.3 is 5.97 Å². The summed E-state index contributed by atoms with van der Waals surface area (Å²) >= 11 is 1.53. The number of fused-ring (bicyclic) bond motifs is 1. The summed E-state index contributed by atoms with van der Waals surface area (Å²) in [6.07, 6.45) is 3.53. The number of nitrogens with one attached hydrogen (secondary N) is 1. The van der Waals surface area contributed by atoms with E-state index in [0.717, 1.165) is 26.6 Å². The average molecular weight is 371 g/mol. The fourth-order valence-electron chi connectivity index (χ4n) is 2.44. The summed E-state index contributed by atoms with van der Waals surface area (Å²) in [5.41, 5.74) is 0.875. The number of thiophene rings is 1. The predicted molar refractivity (Wildman–Crippen MR) is 97.2 cm³/mol. The second-order valence-electron chi connectivity index (χ2n) is 5.38. The molecule has 1 aromatic carbocycles. The number of carbonyl (C=O) groups excluding carboxylic acids is 2. The third kappa shape index (κ3) is 4.68. The number of nitrogens with zero attached hydrogens (tertiary/aromatic N) is 2. The van der Waals surface area contributed by atoms with E-state index in [2.05, 4.69) is 5.32 Å². The molecule has 1 heterocycles. The Labute approximate surface area is 154 Å². The van der Waals surface area contributed by atoms with Crippen LogP contribution in [0.4, 0.5) is 0 Å². The fraction of sp³-hybridized carbons (Fsp3) is 0.222. The Morgan fingerprint density at radius 1 is 1.35 bits per heavy atom. The van der Waals surface area contributed by atoms with Gasteiger partial charge < -0.3 is 10.4 Å². The van der Waals surface area contributed by atoms with Crippen molar-refractivity contribution in [2.45, 2.75) is 19.4 Å². The molecule has 2 amide bonds. The summed E-state index contributed by atoms with van der Waals surface area (Å²) in [5, 5.41) is 23.1. The first kappa shape index (κ1) is 19.1. The van der Waals surface area contributed by atoms with Gasteiger partial charge in [0.1, 0.15) is 6.04 Å². The van der Waals surface area contributed by atoms with Crippen LogP contribution in [0, 0.1) is 11.5 Å². The minimum Gasteiger partial charge on any atom is -0.478 e. The van der Waals surface area contributed by atoms with Crippen LogP contribution in [0.15, 0.2) is 41.8 Å². The van der Waals surface area contributed by atoms with Crippen LogP contribution in [0.5, 0.6) is 0 Å². The molecule has 7 nitrogen and oxygen atoms in total. The van der Waals surface area contributed by atoms with Crippen molar-refractivity contribution >= 4 is 39.2 Å². The van der Waals surface area contributed by atoms with Crippen molar-refractivity contribution < 1.29 is 19.5 Å². The van der Waals surface area contributed by atoms with Crippen LogP contribution in [0.25, 0.3) is 10.1 Å². The van der Waals surface area contributed by atoms with E-state index in [1.54, 1.807) is 13.1 Å². The molecule has 0 saturated carbocycles. The molecular formula is C18H17N3O4S. The highest BCUT2D eigenvalue weighted by atomic mass is 32.1. The van der Waals surface area contributed by atoms with Crippen molar-refractivity contribution in [1.82, 2.24) is 10.2 Å². The number of hydrogen-bond acceptors (Lipinski definition) is 5. The molecule has 1 aromatic heterocycles. The Bertz CT molecular complexity index is 897. The van der Waals surface area contributed by atoms with Crippen LogP contribution in [0.1, 0.15) is 12.5 Å². The molecule has 0 saturated heterocycles. The summed E-state index contributed by atoms with van der Waals surface area (Å²) < 4.78 is 1.05. The van der Waals surface area contributed by atoms with E-state index in [-0.39, 0.29) is 13.0 Å². The van der Waals surface area contributed by atoms with E-state index in [1.165, 1.54) is 11.3 Å². The number of amides is 2. The summed E-state index contributed by atoms with van der Waals surface area (Å²) in [6, 6.07) is 6.72. The first-order valence-electron chi connectivity index (χ1n) is 7.84. The number of hydrogen-bond donors (Lipinski definition) is 2. The van der Waals surface area contributed by atoms with Crippen molar-refractivity contribution in [2.24, 2.45) is 0 Å². The van der Waals surface area contributed by atoms with Crippen LogP contribution in [0.3, 0.4) is 0 Å². The van der Waals surface area contributed by atoms with Crippen LogP contribution < -0.4 is 5.32 Å². The van der Waals surface area contributed by atoms with Crippen LogP contribution >= 0.6 is 11.3 Å². The molecule has 8 heteroatoms. The molecule has 0 aliphatic rings. The Balaban J connectivity index is 2.28. The smallest absolute Gasteiger partial charge is 0.328 e. The Morgan fingerprint density at radius 3 is 2.73 bits per heavy atom. The van der Waals surface area contributed by atoms with Crippen molar-refractivity contribution in [2.75, 3.05) is 6.54 Å². The lowest BCUT2D eigenvalue weighted by atomic mass is 10.0. The van der Waals surface area contributed by atoms with Gasteiger partial charge in [-0.15, -0.1) is 11.3 Å². The highest BCUT2D eigenvalue weighted by Crippen LogP contribution is 2.26. The first-order chi connectivity index (χ1) is 12.5. The Hall–Kier alpha value is -3.18. The molecule has 0 spiro atoms. The maximum Gasteiger partial charge on any atom is 0.328 e. The topological polar surface area (TPSA) is 111 Å². The van der Waals surface area contributed by atoms with Crippen molar-refractivity contribution in [3.63, 3.8) is 0 Å². The van der Waals surface area contributed by atoms with E-state index in [1.807, 2.05) is 29.6 Å². The van der Waals surface area contributed by atoms with Gasteiger partial charge in [-0.2, -0.15) is 5.26 Å². The summed E-state index contributed by atoms with van der Waals surface area (Å²) in [5.74, 6) is -2.51. The highest BCUT2D eigenvalue weighted by molar-refractivity contribution is 7.17. The molecule has 2 N–H and O–H groups in total. The summed E-state index contributed by atoms with van der Waals surface area (Å²) in [7, 11) is 0. The molecule has 0 fully saturated rings. The van der Waals surface area contributed by atoms with Crippen molar-refractivity contribution in [3.8, 4) is 6.19 Å². The third-order valence-corrected chi connectivity index (χ3v) is 4.69. The van der Waals surface area contributed by atoms with Crippen LogP contribution in [-0.4, -0.2) is 40.4 Å². The van der Waals surface area contributed by atoms with E-state index in [0.29, 0.717) is 6.08 Å². The van der Waals surface area contributed by atoms with Crippen LogP contribution in [-0.2, 0) is 20.8 Å². The standard InChI is InChI=1S/C18H17N3O4S/c1-2-21(11-19)18(25)14(20-16(22)7-8-17(23)24)9-12-10-26-15-6-4-3-5-13(12)15/h3-8,10,14H,2,9H2,1H3,(H,20,22)(H,23,24). The quantitative estimate of drug-likeness (QED) is 0.439. The number of aliphatic carboxylic acids is 1. The van der Waals surface area contributed by atoms with Gasteiger partial charge in [0.25, 0.3) is 5.91 Å². The van der Waals surface area contributed by atoms with E-state index < -0.39 is 23.8 Å². The molecule has 0 aliphatic carbocycles. The largest absolute Gasteiger partial charge is 0.478 e. The van der Waals surface area contributed by atoms with Gasteiger partial charge in [-0.3, -0.25) is 9.59 Å². The molecule has 2 rings (SSSR count). The molecular weight excluding hydrogens is 354 g/mol. The van der Waals surface area contributed by atoms with Gasteiger partial charge in [-0.25, -0.2) is 9.69 Å². The Kier molecular flexibility index (Phi) is 6.47. The highest BCUT2D eigenvalue weighted by Gasteiger charge is 2.26. The lowest BCUT2D eigenvalue weighted by molar-refractivity contribution is -0.132. The zero-order chi connectivity index (χ0) is 19.1. The third-order valence-electron chi connectivity index (χ3n) is 3.68. The van der Waals surface area contributed by atoms with Gasteiger partial charge in [0.15, 0.2) is 6.19 Å². The molecule has 134 valence electrons. The van der Waals surface area contributed by atoms with Crippen molar-refractivity contribution in [1.29, 1.82) is 5.26 Å². The number of nitriles is 1. The molecule has 26 heavy (non-hydrogen) atoms. The minimum absolute atomic E-state index is 0.178. The fourth-order valence-corrected chi connectivity index (χ4v) is 3.42. The number of carbonyl (C=O) groups is 3. The molecule has 1 unspecified atom stereocenters. The zero-order valence-corrected chi connectivity index (χ0v) is 14.8. The normalized spacial score (nSPS) is 11.8. The average Bonchev–Trinajstić information content (AvgIpc) is 3.03. The first-order valence-corrected chi connectivity index (χ1v) is 8.72. The lowest BCUT2D eigenvalue weighted by Crippen LogP contribution is -2.48. The minimum atomic E-state index is -1.26. The van der Waals surface area contributed by atoms with Crippen LogP contribution in [0.2, 0.25) is 0 Å². The zero-order valence-electron chi connectivity index (χ0n) is 14.0.